The van der Waals surface area contributed by atoms with Crippen LogP contribution in [0.4, 0.5) is 8.78 Å². The predicted octanol–water partition coefficient (Wildman–Crippen LogP) is 4.14. The van der Waals surface area contributed by atoms with Crippen LogP contribution >= 0.6 is 15.9 Å². The molecule has 0 saturated heterocycles. The van der Waals surface area contributed by atoms with Crippen LogP contribution < -0.4 is 4.74 Å². The summed E-state index contributed by atoms with van der Waals surface area (Å²) in [6.07, 6.45) is 0.866. The van der Waals surface area contributed by atoms with Crippen molar-refractivity contribution in [2.24, 2.45) is 0 Å². The van der Waals surface area contributed by atoms with Crippen molar-refractivity contribution < 1.29 is 23.1 Å². The average Bonchev–Trinajstić information content (AvgIpc) is 2.44. The lowest BCUT2D eigenvalue weighted by Crippen LogP contribution is -1.97. The van der Waals surface area contributed by atoms with Crippen molar-refractivity contribution in [1.29, 1.82) is 0 Å². The number of ether oxygens (including phenoxy) is 1. The first-order chi connectivity index (χ1) is 9.56. The number of hydrogen-bond donors (Lipinski definition) is 0. The maximum absolute atomic E-state index is 13.7. The SMILES string of the molecule is O=Cc1ccc(Oc2ccc(C=O)c(F)c2F)cc1Br. The second kappa shape index (κ2) is 5.92. The Kier molecular flexibility index (Phi) is 4.24. The summed E-state index contributed by atoms with van der Waals surface area (Å²) in [4.78, 5) is 21.1. The summed E-state index contributed by atoms with van der Waals surface area (Å²) in [6, 6.07) is 6.65. The number of halogens is 3. The van der Waals surface area contributed by atoms with Crippen LogP contribution in [-0.4, -0.2) is 12.6 Å². The Labute approximate surface area is 121 Å². The first kappa shape index (κ1) is 14.3. The van der Waals surface area contributed by atoms with Gasteiger partial charge in [0.2, 0.25) is 5.82 Å². The third kappa shape index (κ3) is 2.75. The lowest BCUT2D eigenvalue weighted by Gasteiger charge is -2.09. The van der Waals surface area contributed by atoms with Crippen molar-refractivity contribution in [3.63, 3.8) is 0 Å². The van der Waals surface area contributed by atoms with E-state index in [1.54, 1.807) is 0 Å². The van der Waals surface area contributed by atoms with E-state index in [0.717, 1.165) is 12.1 Å². The van der Waals surface area contributed by atoms with E-state index < -0.39 is 11.6 Å². The van der Waals surface area contributed by atoms with E-state index in [1.807, 2.05) is 0 Å². The van der Waals surface area contributed by atoms with Crippen LogP contribution in [0.25, 0.3) is 0 Å². The van der Waals surface area contributed by atoms with Crippen molar-refractivity contribution in [3.05, 3.63) is 57.6 Å². The van der Waals surface area contributed by atoms with Crippen molar-refractivity contribution in [2.45, 2.75) is 0 Å². The molecular weight excluding hydrogens is 334 g/mol. The Hall–Kier alpha value is -2.08. The van der Waals surface area contributed by atoms with Crippen LogP contribution in [0.15, 0.2) is 34.8 Å². The van der Waals surface area contributed by atoms with E-state index in [1.165, 1.54) is 18.2 Å². The number of hydrogen-bond acceptors (Lipinski definition) is 3. The van der Waals surface area contributed by atoms with Gasteiger partial charge in [-0.15, -0.1) is 0 Å². The molecule has 0 atom stereocenters. The third-order valence-electron chi connectivity index (χ3n) is 2.53. The molecule has 2 aromatic carbocycles. The van der Waals surface area contributed by atoms with E-state index in [4.69, 9.17) is 4.74 Å². The second-order valence-electron chi connectivity index (χ2n) is 3.80. The van der Waals surface area contributed by atoms with Crippen molar-refractivity contribution in [2.75, 3.05) is 0 Å². The largest absolute Gasteiger partial charge is 0.454 e. The van der Waals surface area contributed by atoms with Crippen LogP contribution in [-0.2, 0) is 0 Å². The molecule has 0 amide bonds. The minimum absolute atomic E-state index is 0.220. The molecule has 0 aromatic heterocycles. The molecule has 6 heteroatoms. The van der Waals surface area contributed by atoms with Gasteiger partial charge in [-0.05, 0) is 46.3 Å². The maximum Gasteiger partial charge on any atom is 0.202 e. The molecule has 3 nitrogen and oxygen atoms in total. The molecule has 2 rings (SSSR count). The van der Waals surface area contributed by atoms with Crippen molar-refractivity contribution in [1.82, 2.24) is 0 Å². The summed E-state index contributed by atoms with van der Waals surface area (Å²) in [5, 5.41) is 0. The highest BCUT2D eigenvalue weighted by Gasteiger charge is 2.15. The number of aldehydes is 2. The molecule has 0 N–H and O–H groups in total. The topological polar surface area (TPSA) is 43.4 Å². The molecule has 0 spiro atoms. The van der Waals surface area contributed by atoms with Crippen LogP contribution in [0.2, 0.25) is 0 Å². The monoisotopic (exact) mass is 340 g/mol. The Bertz CT molecular complexity index is 686. The van der Waals surface area contributed by atoms with E-state index in [-0.39, 0.29) is 23.3 Å². The first-order valence-corrected chi connectivity index (χ1v) is 6.22. The quantitative estimate of drug-likeness (QED) is 0.785. The van der Waals surface area contributed by atoms with Gasteiger partial charge in [0, 0.05) is 10.0 Å². The summed E-state index contributed by atoms with van der Waals surface area (Å²) < 4.78 is 32.7. The molecule has 0 aliphatic heterocycles. The summed E-state index contributed by atoms with van der Waals surface area (Å²) in [5.74, 6) is -2.63. The van der Waals surface area contributed by atoms with Gasteiger partial charge < -0.3 is 4.74 Å². The maximum atomic E-state index is 13.7. The van der Waals surface area contributed by atoms with E-state index in [0.29, 0.717) is 16.3 Å². The number of carbonyl (C=O) groups excluding carboxylic acids is 2. The van der Waals surface area contributed by atoms with Crippen molar-refractivity contribution in [3.8, 4) is 11.5 Å². The Morgan fingerprint density at radius 3 is 2.20 bits per heavy atom. The summed E-state index contributed by atoms with van der Waals surface area (Å²) in [5.41, 5.74) is 0.0210. The lowest BCUT2D eigenvalue weighted by molar-refractivity contribution is 0.111. The standard InChI is InChI=1S/C14H7BrF2O3/c15-11-5-10(3-1-8(11)6-18)20-12-4-2-9(7-19)13(16)14(12)17/h1-7H. The predicted molar refractivity (Wildman–Crippen MR) is 71.3 cm³/mol. The number of carbonyl (C=O) groups is 2. The van der Waals surface area contributed by atoms with Gasteiger partial charge in [-0.1, -0.05) is 0 Å². The second-order valence-corrected chi connectivity index (χ2v) is 4.66. The fourth-order valence-corrected chi connectivity index (χ4v) is 1.96. The molecule has 0 unspecified atom stereocenters. The molecule has 20 heavy (non-hydrogen) atoms. The normalized spacial score (nSPS) is 10.2. The first-order valence-electron chi connectivity index (χ1n) is 5.42. The highest BCUT2D eigenvalue weighted by atomic mass is 79.9. The molecule has 0 saturated carbocycles. The Balaban J connectivity index is 2.35. The lowest BCUT2D eigenvalue weighted by atomic mass is 10.2. The van der Waals surface area contributed by atoms with E-state index >= 15 is 0 Å². The van der Waals surface area contributed by atoms with Gasteiger partial charge in [0.05, 0.1) is 5.56 Å². The molecule has 2 aromatic rings. The minimum atomic E-state index is -1.26. The molecular formula is C14H7BrF2O3. The van der Waals surface area contributed by atoms with Gasteiger partial charge in [-0.2, -0.15) is 4.39 Å². The minimum Gasteiger partial charge on any atom is -0.454 e. The van der Waals surface area contributed by atoms with E-state index in [9.17, 15) is 18.4 Å². The Morgan fingerprint density at radius 2 is 1.60 bits per heavy atom. The van der Waals surface area contributed by atoms with Crippen LogP contribution in [0.5, 0.6) is 11.5 Å². The zero-order valence-electron chi connectivity index (χ0n) is 9.90. The fraction of sp³-hybridized carbons (Fsp3) is 0. The molecule has 0 heterocycles. The Morgan fingerprint density at radius 1 is 0.950 bits per heavy atom. The van der Waals surface area contributed by atoms with Gasteiger partial charge in [0.1, 0.15) is 5.75 Å². The highest BCUT2D eigenvalue weighted by molar-refractivity contribution is 9.10. The van der Waals surface area contributed by atoms with Crippen LogP contribution in [0, 0.1) is 11.6 Å². The van der Waals surface area contributed by atoms with E-state index in [2.05, 4.69) is 15.9 Å². The molecule has 0 radical (unpaired) electrons. The van der Waals surface area contributed by atoms with Crippen LogP contribution in [0.3, 0.4) is 0 Å². The highest BCUT2D eigenvalue weighted by Crippen LogP contribution is 2.29. The summed E-state index contributed by atoms with van der Waals surface area (Å²) in [7, 11) is 0. The zero-order valence-corrected chi connectivity index (χ0v) is 11.5. The van der Waals surface area contributed by atoms with Gasteiger partial charge in [0.15, 0.2) is 24.1 Å². The molecule has 0 aliphatic rings. The van der Waals surface area contributed by atoms with Crippen LogP contribution in [0.1, 0.15) is 20.7 Å². The molecule has 0 fully saturated rings. The number of rotatable bonds is 4. The van der Waals surface area contributed by atoms with Gasteiger partial charge in [0.25, 0.3) is 0 Å². The average molecular weight is 341 g/mol. The zero-order chi connectivity index (χ0) is 14.7. The summed E-state index contributed by atoms with van der Waals surface area (Å²) in [6.45, 7) is 0. The molecule has 102 valence electrons. The van der Waals surface area contributed by atoms with Crippen molar-refractivity contribution >= 4 is 28.5 Å². The molecule has 0 bridgehead atoms. The molecule has 0 aliphatic carbocycles. The van der Waals surface area contributed by atoms with Gasteiger partial charge >= 0.3 is 0 Å². The number of benzene rings is 2. The third-order valence-corrected chi connectivity index (χ3v) is 3.22. The fourth-order valence-electron chi connectivity index (χ4n) is 1.51. The van der Waals surface area contributed by atoms with Gasteiger partial charge in [-0.3, -0.25) is 9.59 Å². The van der Waals surface area contributed by atoms with Gasteiger partial charge in [-0.25, -0.2) is 4.39 Å². The smallest absolute Gasteiger partial charge is 0.202 e. The summed E-state index contributed by atoms with van der Waals surface area (Å²) >= 11 is 3.15.